The molecule has 0 unspecified atom stereocenters. The van der Waals surface area contributed by atoms with Crippen LogP contribution in [-0.4, -0.2) is 25.2 Å². The number of hydrogen-bond acceptors (Lipinski definition) is 2. The Labute approximate surface area is 113 Å². The third-order valence-corrected chi connectivity index (χ3v) is 5.10. The minimum absolute atomic E-state index is 0.0863. The van der Waals surface area contributed by atoms with E-state index in [1.165, 1.54) is 0 Å². The molecule has 0 bridgehead atoms. The van der Waals surface area contributed by atoms with Crippen molar-refractivity contribution in [3.8, 4) is 11.5 Å². The zero-order chi connectivity index (χ0) is 13.3. The Kier molecular flexibility index (Phi) is 3.65. The van der Waals surface area contributed by atoms with Gasteiger partial charge in [-0.05, 0) is 0 Å². The third kappa shape index (κ3) is 2.53. The van der Waals surface area contributed by atoms with Gasteiger partial charge in [-0.15, -0.1) is 0 Å². The Morgan fingerprint density at radius 3 is 2.22 bits per heavy atom. The second kappa shape index (κ2) is 5.05. The molecule has 0 aromatic heterocycles. The molecule has 0 saturated carbocycles. The summed E-state index contributed by atoms with van der Waals surface area (Å²) in [6.07, 6.45) is 0. The van der Waals surface area contributed by atoms with Gasteiger partial charge in [0.2, 0.25) is 0 Å². The average Bonchev–Trinajstić information content (AvgIpc) is 2.31. The van der Waals surface area contributed by atoms with Gasteiger partial charge in [-0.1, -0.05) is 0 Å². The quantitative estimate of drug-likeness (QED) is 0.829. The summed E-state index contributed by atoms with van der Waals surface area (Å²) in [5.74, 6) is 0.692. The fraction of sp³-hybridized carbons (Fsp3) is 0.200. The number of benzene rings is 2. The van der Waals surface area contributed by atoms with Crippen molar-refractivity contribution in [1.82, 2.24) is 0 Å². The summed E-state index contributed by atoms with van der Waals surface area (Å²) in [4.78, 5) is 0. The monoisotopic (exact) mass is 308 g/mol. The van der Waals surface area contributed by atoms with Crippen LogP contribution in [0.1, 0.15) is 16.7 Å². The van der Waals surface area contributed by atoms with Crippen molar-refractivity contribution in [2.24, 2.45) is 0 Å². The maximum atomic E-state index is 10.1. The molecule has 0 spiro atoms. The van der Waals surface area contributed by atoms with E-state index in [0.29, 0.717) is 11.5 Å². The molecule has 0 radical (unpaired) electrons. The van der Waals surface area contributed by atoms with E-state index >= 15 is 0 Å². The SMILES string of the molecule is Cc1cc(C)c(O)c([Se]c2cccc(C)c2O)c1. The zero-order valence-electron chi connectivity index (χ0n) is 10.7. The van der Waals surface area contributed by atoms with Gasteiger partial charge >= 0.3 is 113 Å². The Morgan fingerprint density at radius 2 is 1.50 bits per heavy atom. The second-order valence-electron chi connectivity index (χ2n) is 4.45. The van der Waals surface area contributed by atoms with Gasteiger partial charge in [0.1, 0.15) is 0 Å². The van der Waals surface area contributed by atoms with E-state index < -0.39 is 0 Å². The summed E-state index contributed by atoms with van der Waals surface area (Å²) >= 11 is -0.0863. The molecule has 3 heteroatoms. The van der Waals surface area contributed by atoms with E-state index in [4.69, 9.17) is 0 Å². The summed E-state index contributed by atoms with van der Waals surface area (Å²) < 4.78 is 1.82. The number of aryl methyl sites for hydroxylation is 3. The van der Waals surface area contributed by atoms with Crippen LogP contribution in [0.15, 0.2) is 30.3 Å². The van der Waals surface area contributed by atoms with E-state index in [1.807, 2.05) is 51.1 Å². The van der Waals surface area contributed by atoms with E-state index in [0.717, 1.165) is 25.6 Å². The molecular weight excluding hydrogens is 291 g/mol. The van der Waals surface area contributed by atoms with Crippen LogP contribution in [0, 0.1) is 20.8 Å². The standard InChI is InChI=1S/C15H16O2Se/c1-9-7-11(3)15(17)13(8-9)18-12-6-4-5-10(2)14(12)16/h4-8,16-17H,1-3H3. The van der Waals surface area contributed by atoms with Crippen molar-refractivity contribution >= 4 is 23.9 Å². The van der Waals surface area contributed by atoms with Crippen LogP contribution in [0.5, 0.6) is 11.5 Å². The van der Waals surface area contributed by atoms with Gasteiger partial charge in [-0.25, -0.2) is 0 Å². The number of phenolic OH excluding ortho intramolecular Hbond substituents is 2. The first kappa shape index (κ1) is 13.0. The molecule has 94 valence electrons. The number of rotatable bonds is 2. The normalized spacial score (nSPS) is 10.6. The molecule has 2 rings (SSSR count). The van der Waals surface area contributed by atoms with E-state index in [2.05, 4.69) is 0 Å². The molecular formula is C15H16O2Se. The van der Waals surface area contributed by atoms with Crippen molar-refractivity contribution in [2.45, 2.75) is 20.8 Å². The zero-order valence-corrected chi connectivity index (χ0v) is 12.4. The van der Waals surface area contributed by atoms with Crippen LogP contribution in [0.4, 0.5) is 0 Å². The maximum absolute atomic E-state index is 10.1. The van der Waals surface area contributed by atoms with Crippen molar-refractivity contribution in [1.29, 1.82) is 0 Å². The summed E-state index contributed by atoms with van der Waals surface area (Å²) in [6, 6.07) is 9.69. The van der Waals surface area contributed by atoms with Gasteiger partial charge < -0.3 is 0 Å². The molecule has 0 heterocycles. The van der Waals surface area contributed by atoms with Crippen molar-refractivity contribution in [2.75, 3.05) is 0 Å². The Morgan fingerprint density at radius 1 is 0.833 bits per heavy atom. The van der Waals surface area contributed by atoms with Crippen molar-refractivity contribution in [3.05, 3.63) is 47.0 Å². The molecule has 2 aromatic carbocycles. The Balaban J connectivity index is 2.43. The molecule has 0 aliphatic heterocycles. The molecule has 0 amide bonds. The van der Waals surface area contributed by atoms with Gasteiger partial charge in [0.05, 0.1) is 0 Å². The van der Waals surface area contributed by atoms with Gasteiger partial charge in [-0.3, -0.25) is 0 Å². The van der Waals surface area contributed by atoms with Gasteiger partial charge in [0.25, 0.3) is 0 Å². The summed E-state index contributed by atoms with van der Waals surface area (Å²) in [5, 5.41) is 20.1. The molecule has 0 aliphatic rings. The van der Waals surface area contributed by atoms with Crippen LogP contribution in [0.25, 0.3) is 0 Å². The average molecular weight is 307 g/mol. The first-order valence-corrected chi connectivity index (χ1v) is 7.47. The number of phenols is 2. The number of hydrogen-bond donors (Lipinski definition) is 2. The predicted octanol–water partition coefficient (Wildman–Crippen LogP) is 1.68. The summed E-state index contributed by atoms with van der Waals surface area (Å²) in [6.45, 7) is 5.80. The fourth-order valence-corrected chi connectivity index (χ4v) is 4.23. The topological polar surface area (TPSA) is 40.5 Å². The summed E-state index contributed by atoms with van der Waals surface area (Å²) in [5.41, 5.74) is 2.89. The van der Waals surface area contributed by atoms with Crippen LogP contribution in [0.2, 0.25) is 0 Å². The molecule has 0 aliphatic carbocycles. The first-order chi connectivity index (χ1) is 8.49. The van der Waals surface area contributed by atoms with Crippen LogP contribution >= 0.6 is 0 Å². The number of para-hydroxylation sites is 1. The molecule has 0 atom stereocenters. The Bertz CT molecular complexity index is 591. The van der Waals surface area contributed by atoms with Crippen LogP contribution < -0.4 is 8.92 Å². The molecule has 0 fully saturated rings. The third-order valence-electron chi connectivity index (χ3n) is 2.83. The van der Waals surface area contributed by atoms with Crippen LogP contribution in [-0.2, 0) is 0 Å². The second-order valence-corrected chi connectivity index (χ2v) is 6.73. The van der Waals surface area contributed by atoms with Crippen LogP contribution in [0.3, 0.4) is 0 Å². The first-order valence-electron chi connectivity index (χ1n) is 5.75. The minimum atomic E-state index is -0.0863. The van der Waals surface area contributed by atoms with Crippen molar-refractivity contribution in [3.63, 3.8) is 0 Å². The van der Waals surface area contributed by atoms with Gasteiger partial charge in [0.15, 0.2) is 0 Å². The van der Waals surface area contributed by atoms with E-state index in [1.54, 1.807) is 0 Å². The van der Waals surface area contributed by atoms with Gasteiger partial charge in [0, 0.05) is 0 Å². The Hall–Kier alpha value is -1.44. The molecule has 2 nitrogen and oxygen atoms in total. The van der Waals surface area contributed by atoms with Crippen molar-refractivity contribution < 1.29 is 10.2 Å². The van der Waals surface area contributed by atoms with E-state index in [-0.39, 0.29) is 15.0 Å². The van der Waals surface area contributed by atoms with Gasteiger partial charge in [-0.2, -0.15) is 0 Å². The molecule has 2 N–H and O–H groups in total. The van der Waals surface area contributed by atoms with E-state index in [9.17, 15) is 10.2 Å². The fourth-order valence-electron chi connectivity index (χ4n) is 1.83. The molecule has 0 saturated heterocycles. The summed E-state index contributed by atoms with van der Waals surface area (Å²) in [7, 11) is 0. The predicted molar refractivity (Wildman–Crippen MR) is 75.4 cm³/mol. The number of aromatic hydroxyl groups is 2. The molecule has 2 aromatic rings. The molecule has 18 heavy (non-hydrogen) atoms.